The van der Waals surface area contributed by atoms with Gasteiger partial charge in [0.05, 0.1) is 6.10 Å². The Morgan fingerprint density at radius 3 is 2.74 bits per heavy atom. The number of aryl methyl sites for hydroxylation is 2. The van der Waals surface area contributed by atoms with E-state index in [4.69, 9.17) is 10.5 Å². The molecule has 0 aromatic heterocycles. The molecule has 1 fully saturated rings. The number of likely N-dealkylation sites (N-methyl/N-ethyl adjacent to an activating group) is 1. The molecule has 3 heteroatoms. The van der Waals surface area contributed by atoms with E-state index in [1.165, 1.54) is 29.5 Å². The van der Waals surface area contributed by atoms with Crippen LogP contribution in [0.2, 0.25) is 0 Å². The van der Waals surface area contributed by atoms with Crippen molar-refractivity contribution < 1.29 is 4.74 Å². The molecule has 1 aromatic rings. The first kappa shape index (κ1) is 14.5. The minimum absolute atomic E-state index is 0.281. The minimum Gasteiger partial charge on any atom is -0.377 e. The Hall–Kier alpha value is -0.900. The molecule has 1 aromatic carbocycles. The molecule has 1 aliphatic heterocycles. The molecular formula is C16H26N2O. The maximum Gasteiger partial charge on any atom is 0.0702 e. The second-order valence-electron chi connectivity index (χ2n) is 5.67. The third-order valence-electron chi connectivity index (χ3n) is 4.19. The summed E-state index contributed by atoms with van der Waals surface area (Å²) in [4.78, 5) is 2.33. The summed E-state index contributed by atoms with van der Waals surface area (Å²) in [7, 11) is 2.15. The van der Waals surface area contributed by atoms with Crippen LogP contribution in [0.4, 0.5) is 0 Å². The molecular weight excluding hydrogens is 236 g/mol. The van der Waals surface area contributed by atoms with Gasteiger partial charge in [0.1, 0.15) is 0 Å². The highest BCUT2D eigenvalue weighted by Gasteiger charge is 2.22. The molecule has 1 saturated heterocycles. The van der Waals surface area contributed by atoms with Crippen LogP contribution in [0.15, 0.2) is 18.2 Å². The van der Waals surface area contributed by atoms with E-state index in [1.807, 2.05) is 0 Å². The molecule has 1 heterocycles. The number of benzene rings is 1. The molecule has 0 radical (unpaired) electrons. The lowest BCUT2D eigenvalue weighted by Crippen LogP contribution is -2.36. The summed E-state index contributed by atoms with van der Waals surface area (Å²) in [5.74, 6) is 0. The summed E-state index contributed by atoms with van der Waals surface area (Å²) in [6, 6.07) is 6.93. The van der Waals surface area contributed by atoms with Crippen molar-refractivity contribution in [2.24, 2.45) is 5.73 Å². The number of rotatable bonds is 5. The van der Waals surface area contributed by atoms with Crippen LogP contribution in [0.25, 0.3) is 0 Å². The first-order valence-electron chi connectivity index (χ1n) is 7.21. The van der Waals surface area contributed by atoms with Gasteiger partial charge >= 0.3 is 0 Å². The summed E-state index contributed by atoms with van der Waals surface area (Å²) >= 11 is 0. The molecule has 1 aliphatic rings. The van der Waals surface area contributed by atoms with E-state index >= 15 is 0 Å². The van der Waals surface area contributed by atoms with Crippen molar-refractivity contribution in [3.05, 3.63) is 34.9 Å². The zero-order valence-electron chi connectivity index (χ0n) is 12.4. The van der Waals surface area contributed by atoms with Crippen molar-refractivity contribution in [3.63, 3.8) is 0 Å². The third-order valence-corrected chi connectivity index (χ3v) is 4.19. The standard InChI is InChI=1S/C16H26N2O/c1-12-6-7-14(9-13(12)2)16(10-17)18(3)11-15-5-4-8-19-15/h6-7,9,15-16H,4-5,8,10-11,17H2,1-3H3. The Kier molecular flexibility index (Phi) is 4.97. The summed E-state index contributed by atoms with van der Waals surface area (Å²) in [5, 5.41) is 0. The Morgan fingerprint density at radius 2 is 2.16 bits per heavy atom. The van der Waals surface area contributed by atoms with Gasteiger partial charge in [-0.1, -0.05) is 18.2 Å². The largest absolute Gasteiger partial charge is 0.377 e. The Bertz CT molecular complexity index is 413. The van der Waals surface area contributed by atoms with E-state index in [9.17, 15) is 0 Å². The van der Waals surface area contributed by atoms with Gasteiger partial charge in [-0.25, -0.2) is 0 Å². The normalized spacial score (nSPS) is 21.0. The van der Waals surface area contributed by atoms with Gasteiger partial charge in [-0.2, -0.15) is 0 Å². The van der Waals surface area contributed by atoms with E-state index in [1.54, 1.807) is 0 Å². The smallest absolute Gasteiger partial charge is 0.0702 e. The Balaban J connectivity index is 2.06. The van der Waals surface area contributed by atoms with Crippen LogP contribution in [0, 0.1) is 13.8 Å². The van der Waals surface area contributed by atoms with Gasteiger partial charge in [-0.3, -0.25) is 4.90 Å². The monoisotopic (exact) mass is 262 g/mol. The fraction of sp³-hybridized carbons (Fsp3) is 0.625. The van der Waals surface area contributed by atoms with Gasteiger partial charge in [0, 0.05) is 25.7 Å². The first-order valence-corrected chi connectivity index (χ1v) is 7.21. The van der Waals surface area contributed by atoms with Gasteiger partial charge in [0.25, 0.3) is 0 Å². The summed E-state index contributed by atoms with van der Waals surface area (Å²) in [6.45, 7) is 6.83. The number of nitrogens with two attached hydrogens (primary N) is 1. The first-order chi connectivity index (χ1) is 9.11. The summed E-state index contributed by atoms with van der Waals surface area (Å²) in [6.07, 6.45) is 2.75. The van der Waals surface area contributed by atoms with Crippen molar-refractivity contribution in [1.82, 2.24) is 4.90 Å². The molecule has 2 rings (SSSR count). The van der Waals surface area contributed by atoms with Crippen molar-refractivity contribution in [3.8, 4) is 0 Å². The molecule has 0 bridgehead atoms. The quantitative estimate of drug-likeness (QED) is 0.885. The Labute approximate surface area is 116 Å². The zero-order valence-corrected chi connectivity index (χ0v) is 12.4. The van der Waals surface area contributed by atoms with Crippen LogP contribution in [-0.4, -0.2) is 37.7 Å². The molecule has 19 heavy (non-hydrogen) atoms. The lowest BCUT2D eigenvalue weighted by Gasteiger charge is -2.29. The van der Waals surface area contributed by atoms with Crippen LogP contribution in [0.3, 0.4) is 0 Å². The second-order valence-corrected chi connectivity index (χ2v) is 5.67. The van der Waals surface area contributed by atoms with E-state index in [-0.39, 0.29) is 6.04 Å². The number of hydrogen-bond donors (Lipinski definition) is 1. The molecule has 0 aliphatic carbocycles. The number of hydrogen-bond acceptors (Lipinski definition) is 3. The van der Waals surface area contributed by atoms with Gasteiger partial charge < -0.3 is 10.5 Å². The SMILES string of the molecule is Cc1ccc(C(CN)N(C)CC2CCCO2)cc1C. The summed E-state index contributed by atoms with van der Waals surface area (Å²) in [5.41, 5.74) is 9.97. The molecule has 0 amide bonds. The highest BCUT2D eigenvalue weighted by molar-refractivity contribution is 5.31. The molecule has 2 unspecified atom stereocenters. The minimum atomic E-state index is 0.281. The molecule has 2 atom stereocenters. The lowest BCUT2D eigenvalue weighted by atomic mass is 10.00. The van der Waals surface area contributed by atoms with Crippen LogP contribution < -0.4 is 5.73 Å². The topological polar surface area (TPSA) is 38.5 Å². The van der Waals surface area contributed by atoms with Crippen molar-refractivity contribution >= 4 is 0 Å². The van der Waals surface area contributed by atoms with E-state index in [0.717, 1.165) is 13.2 Å². The predicted molar refractivity (Wildman–Crippen MR) is 79.3 cm³/mol. The van der Waals surface area contributed by atoms with Crippen LogP contribution in [0.1, 0.15) is 35.6 Å². The lowest BCUT2D eigenvalue weighted by molar-refractivity contribution is 0.0689. The zero-order chi connectivity index (χ0) is 13.8. The second kappa shape index (κ2) is 6.51. The van der Waals surface area contributed by atoms with E-state index in [2.05, 4.69) is 44.0 Å². The number of ether oxygens (including phenoxy) is 1. The summed E-state index contributed by atoms with van der Waals surface area (Å²) < 4.78 is 5.71. The highest BCUT2D eigenvalue weighted by Crippen LogP contribution is 2.23. The van der Waals surface area contributed by atoms with Crippen LogP contribution in [-0.2, 0) is 4.74 Å². The average molecular weight is 262 g/mol. The maximum absolute atomic E-state index is 5.99. The van der Waals surface area contributed by atoms with Gasteiger partial charge in [0.15, 0.2) is 0 Å². The fourth-order valence-corrected chi connectivity index (χ4v) is 2.78. The predicted octanol–water partition coefficient (Wildman–Crippen LogP) is 2.41. The molecule has 0 saturated carbocycles. The number of nitrogens with zero attached hydrogens (tertiary/aromatic N) is 1. The van der Waals surface area contributed by atoms with Crippen molar-refractivity contribution in [2.45, 2.75) is 38.8 Å². The highest BCUT2D eigenvalue weighted by atomic mass is 16.5. The third kappa shape index (κ3) is 3.56. The van der Waals surface area contributed by atoms with Crippen LogP contribution in [0.5, 0.6) is 0 Å². The molecule has 3 nitrogen and oxygen atoms in total. The van der Waals surface area contributed by atoms with E-state index < -0.39 is 0 Å². The Morgan fingerprint density at radius 1 is 1.37 bits per heavy atom. The molecule has 2 N–H and O–H groups in total. The van der Waals surface area contributed by atoms with Gasteiger partial charge in [-0.05, 0) is 50.4 Å². The maximum atomic E-state index is 5.99. The van der Waals surface area contributed by atoms with Gasteiger partial charge in [-0.15, -0.1) is 0 Å². The average Bonchev–Trinajstić information content (AvgIpc) is 2.87. The van der Waals surface area contributed by atoms with Crippen molar-refractivity contribution in [1.29, 1.82) is 0 Å². The molecule has 106 valence electrons. The fourth-order valence-electron chi connectivity index (χ4n) is 2.78. The van der Waals surface area contributed by atoms with Gasteiger partial charge in [0.2, 0.25) is 0 Å². The van der Waals surface area contributed by atoms with Crippen molar-refractivity contribution in [2.75, 3.05) is 26.7 Å². The van der Waals surface area contributed by atoms with E-state index in [0.29, 0.717) is 12.6 Å². The molecule has 0 spiro atoms. The van der Waals surface area contributed by atoms with Crippen LogP contribution >= 0.6 is 0 Å².